The Morgan fingerprint density at radius 2 is 0.667 bits per heavy atom. The summed E-state index contributed by atoms with van der Waals surface area (Å²) in [5.41, 5.74) is 8.99. The van der Waals surface area contributed by atoms with E-state index < -0.39 is 10.4 Å². The zero-order valence-electron chi connectivity index (χ0n) is 21.6. The van der Waals surface area contributed by atoms with E-state index in [1.807, 2.05) is 49.1 Å². The van der Waals surface area contributed by atoms with Crippen LogP contribution in [0.5, 0.6) is 0 Å². The molecule has 11 heteroatoms. The molecule has 0 saturated carbocycles. The predicted molar refractivity (Wildman–Crippen MR) is 144 cm³/mol. The third kappa shape index (κ3) is 7.33. The van der Waals surface area contributed by atoms with Gasteiger partial charge in [-0.2, -0.15) is 0 Å². The summed E-state index contributed by atoms with van der Waals surface area (Å²) in [6.45, 7) is 8.41. The smallest absolute Gasteiger partial charge is 2.00 e. The number of aromatic nitrogens is 4. The molecule has 9 nitrogen and oxygen atoms in total. The predicted octanol–water partition coefficient (Wildman–Crippen LogP) is 5.34. The van der Waals surface area contributed by atoms with Crippen molar-refractivity contribution in [3.05, 3.63) is 95.6 Å². The van der Waals surface area contributed by atoms with Crippen molar-refractivity contribution in [2.75, 3.05) is 0 Å². The Kier molecular flexibility index (Phi) is 10.6. The molecule has 0 spiro atoms. The molecular formula is C28H24N4O5SV. The molecule has 6 aromatic rings. The third-order valence-electron chi connectivity index (χ3n) is 6.11. The Bertz CT molecular complexity index is 1630. The van der Waals surface area contributed by atoms with Crippen LogP contribution in [0, 0.1) is 27.7 Å². The molecule has 197 valence electrons. The quantitative estimate of drug-likeness (QED) is 0.132. The first-order chi connectivity index (χ1) is 17.5. The van der Waals surface area contributed by atoms with Gasteiger partial charge in [0.1, 0.15) is 0 Å². The second kappa shape index (κ2) is 13.0. The van der Waals surface area contributed by atoms with Crippen LogP contribution in [0.1, 0.15) is 22.3 Å². The van der Waals surface area contributed by atoms with Crippen molar-refractivity contribution in [3.8, 4) is 0 Å². The molecule has 0 amide bonds. The Hall–Kier alpha value is -3.51. The van der Waals surface area contributed by atoms with Gasteiger partial charge in [0, 0.05) is 56.7 Å². The summed E-state index contributed by atoms with van der Waals surface area (Å²) in [6.07, 6.45) is 7.39. The van der Waals surface area contributed by atoms with Crippen LogP contribution in [0.4, 0.5) is 0 Å². The molecule has 4 aromatic heterocycles. The van der Waals surface area contributed by atoms with E-state index in [9.17, 15) is 0 Å². The number of hydrogen-bond donors (Lipinski definition) is 0. The van der Waals surface area contributed by atoms with Crippen LogP contribution in [-0.4, -0.2) is 37.5 Å². The number of aryl methyl sites for hydroxylation is 4. The maximum absolute atomic E-state index is 8.52. The van der Waals surface area contributed by atoms with E-state index in [1.165, 1.54) is 43.8 Å². The molecule has 6 rings (SSSR count). The van der Waals surface area contributed by atoms with Crippen LogP contribution in [0.15, 0.2) is 73.3 Å². The molecule has 4 heterocycles. The molecule has 0 unspecified atom stereocenters. The van der Waals surface area contributed by atoms with Crippen molar-refractivity contribution in [2.45, 2.75) is 27.7 Å². The van der Waals surface area contributed by atoms with E-state index in [1.54, 1.807) is 0 Å². The summed E-state index contributed by atoms with van der Waals surface area (Å²) in [5.74, 6) is 0. The van der Waals surface area contributed by atoms with Gasteiger partial charge in [0.2, 0.25) is 0 Å². The maximum atomic E-state index is 8.52. The zero-order chi connectivity index (χ0) is 26.7. The number of nitrogens with zero attached hydrogens (tertiary/aromatic N) is 4. The second-order valence-corrected chi connectivity index (χ2v) is 9.45. The van der Waals surface area contributed by atoms with Crippen molar-refractivity contribution in [1.29, 1.82) is 0 Å². The molecule has 0 aliphatic heterocycles. The van der Waals surface area contributed by atoms with Crippen molar-refractivity contribution in [2.24, 2.45) is 0 Å². The fraction of sp³-hybridized carbons (Fsp3) is 0.143. The number of rotatable bonds is 0. The number of benzene rings is 2. The average Bonchev–Trinajstić information content (AvgIpc) is 2.84. The van der Waals surface area contributed by atoms with E-state index >= 15 is 0 Å². The molecule has 2 aromatic carbocycles. The summed E-state index contributed by atoms with van der Waals surface area (Å²) in [4.78, 5) is 17.8. The monoisotopic (exact) mass is 579 g/mol. The summed E-state index contributed by atoms with van der Waals surface area (Å²) in [6, 6.07) is 16.7. The summed E-state index contributed by atoms with van der Waals surface area (Å²) >= 11 is 0. The van der Waals surface area contributed by atoms with Gasteiger partial charge in [-0.1, -0.05) is 24.3 Å². The van der Waals surface area contributed by atoms with Crippen LogP contribution in [0.25, 0.3) is 43.6 Å². The van der Waals surface area contributed by atoms with Crippen LogP contribution in [0.3, 0.4) is 0 Å². The summed E-state index contributed by atoms with van der Waals surface area (Å²) in [5, 5.41) is 4.75. The Morgan fingerprint density at radius 1 is 0.487 bits per heavy atom. The first kappa shape index (κ1) is 31.7. The van der Waals surface area contributed by atoms with Gasteiger partial charge < -0.3 is 14.6 Å². The minimum atomic E-state index is -5.17. The fourth-order valence-corrected chi connectivity index (χ4v) is 4.21. The number of hydrogen-bond acceptors (Lipinski definition) is 8. The number of pyridine rings is 4. The molecule has 0 saturated heterocycles. The minimum Gasteiger partial charge on any atom is -2.00 e. The normalized spacial score (nSPS) is 10.6. The van der Waals surface area contributed by atoms with E-state index in [0.29, 0.717) is 0 Å². The fourth-order valence-electron chi connectivity index (χ4n) is 4.21. The van der Waals surface area contributed by atoms with E-state index in [-0.39, 0.29) is 24.0 Å². The number of fused-ring (bicyclic) bond motifs is 6. The first-order valence-corrected chi connectivity index (χ1v) is 12.7. The Morgan fingerprint density at radius 3 is 0.846 bits per heavy atom. The summed E-state index contributed by atoms with van der Waals surface area (Å²) in [7, 11) is -5.17. The molecule has 0 aliphatic rings. The van der Waals surface area contributed by atoms with Crippen molar-refractivity contribution in [1.82, 2.24) is 19.9 Å². The van der Waals surface area contributed by atoms with E-state index in [2.05, 4.69) is 71.9 Å². The molecule has 0 fully saturated rings. The molecule has 0 aliphatic carbocycles. The first-order valence-electron chi connectivity index (χ1n) is 11.4. The summed E-state index contributed by atoms with van der Waals surface area (Å²) < 4.78 is 34.1. The largest absolute Gasteiger partial charge is 4.00 e. The minimum absolute atomic E-state index is 0. The molecule has 0 bridgehead atoms. The maximum Gasteiger partial charge on any atom is 4.00 e. The van der Waals surface area contributed by atoms with Gasteiger partial charge in [0.15, 0.2) is 0 Å². The van der Waals surface area contributed by atoms with E-state index in [4.69, 9.17) is 17.5 Å². The van der Waals surface area contributed by atoms with Crippen LogP contribution < -0.4 is 0 Å². The van der Waals surface area contributed by atoms with Crippen LogP contribution >= 0.6 is 0 Å². The van der Waals surface area contributed by atoms with Gasteiger partial charge in [0.05, 0.1) is 22.1 Å². The average molecular weight is 580 g/mol. The van der Waals surface area contributed by atoms with Crippen molar-refractivity contribution < 1.29 is 41.6 Å². The third-order valence-corrected chi connectivity index (χ3v) is 6.11. The molecule has 0 atom stereocenters. The SMILES string of the molecule is Cc1ccnc2c1ccc1c(C)ccnc12.Cc1ccnc2c1ccc1c(C)ccnc12.O=S(=O)([O-])[O-].[O-2].[V+4]. The van der Waals surface area contributed by atoms with Gasteiger partial charge >= 0.3 is 18.6 Å². The Labute approximate surface area is 238 Å². The van der Waals surface area contributed by atoms with Gasteiger partial charge in [-0.05, 0) is 74.2 Å². The van der Waals surface area contributed by atoms with Crippen LogP contribution in [-0.2, 0) is 34.4 Å². The molecule has 1 radical (unpaired) electrons. The second-order valence-electron chi connectivity index (χ2n) is 8.64. The molecular weight excluding hydrogens is 555 g/mol. The van der Waals surface area contributed by atoms with Crippen molar-refractivity contribution >= 4 is 54.0 Å². The van der Waals surface area contributed by atoms with Gasteiger partial charge in [-0.3, -0.25) is 28.4 Å². The van der Waals surface area contributed by atoms with Crippen LogP contribution in [0.2, 0.25) is 0 Å². The molecule has 0 N–H and O–H groups in total. The van der Waals surface area contributed by atoms with Gasteiger partial charge in [0.25, 0.3) is 0 Å². The Balaban J connectivity index is 0.000000224. The van der Waals surface area contributed by atoms with E-state index in [0.717, 1.165) is 22.1 Å². The van der Waals surface area contributed by atoms with Crippen molar-refractivity contribution in [3.63, 3.8) is 0 Å². The standard InChI is InChI=1S/2C14H12N2.H2O4S.O.V/c2*1-9-5-7-15-13-11(9)3-4-12-10(2)6-8-16-14(12)13;1-5(2,3)4;;/h2*3-8H,1-2H3;(H2,1,2,3,4);;/q;;;-2;+4/p-2. The molecule has 39 heavy (non-hydrogen) atoms. The zero-order valence-corrected chi connectivity index (χ0v) is 23.8. The van der Waals surface area contributed by atoms with Gasteiger partial charge in [-0.25, -0.2) is 0 Å². The van der Waals surface area contributed by atoms with Gasteiger partial charge in [-0.15, -0.1) is 0 Å². The topological polar surface area (TPSA) is 160 Å².